The molecule has 134 valence electrons. The molecule has 0 fully saturated rings. The van der Waals surface area contributed by atoms with Gasteiger partial charge in [0.05, 0.1) is 17.0 Å². The molecule has 0 aliphatic heterocycles. The third-order valence-electron chi connectivity index (χ3n) is 3.36. The van der Waals surface area contributed by atoms with E-state index in [0.29, 0.717) is 30.0 Å². The molecule has 0 radical (unpaired) electrons. The van der Waals surface area contributed by atoms with Crippen LogP contribution in [0.4, 0.5) is 0 Å². The van der Waals surface area contributed by atoms with Crippen molar-refractivity contribution in [2.24, 2.45) is 0 Å². The fourth-order valence-corrected chi connectivity index (χ4v) is 3.27. The minimum absolute atomic E-state index is 0.198. The number of aromatic nitrogens is 1. The zero-order chi connectivity index (χ0) is 18.3. The number of aryl methyl sites for hydroxylation is 1. The Labute approximate surface area is 147 Å². The second-order valence-corrected chi connectivity index (χ2v) is 7.04. The Morgan fingerprint density at radius 3 is 2.72 bits per heavy atom. The molecule has 1 aromatic carbocycles. The van der Waals surface area contributed by atoms with Crippen LogP contribution in [-0.4, -0.2) is 39.0 Å². The fourth-order valence-electron chi connectivity index (χ4n) is 2.15. The lowest BCUT2D eigenvalue weighted by Gasteiger charge is -2.12. The van der Waals surface area contributed by atoms with E-state index in [1.54, 1.807) is 44.3 Å². The topological polar surface area (TPSA) is 97.4 Å². The summed E-state index contributed by atoms with van der Waals surface area (Å²) >= 11 is 0. The summed E-state index contributed by atoms with van der Waals surface area (Å²) in [6.07, 6.45) is 3.09. The van der Waals surface area contributed by atoms with Crippen LogP contribution in [0.2, 0.25) is 0 Å². The first-order valence-electron chi connectivity index (χ1n) is 7.85. The Hall–Kier alpha value is -2.45. The summed E-state index contributed by atoms with van der Waals surface area (Å²) in [4.78, 5) is 15.9. The largest absolute Gasteiger partial charge is 0.491 e. The smallest absolute Gasteiger partial charge is 0.252 e. The summed E-state index contributed by atoms with van der Waals surface area (Å²) < 4.78 is 32.0. The maximum Gasteiger partial charge on any atom is 0.252 e. The van der Waals surface area contributed by atoms with Crippen LogP contribution in [0.5, 0.6) is 5.75 Å². The summed E-state index contributed by atoms with van der Waals surface area (Å²) in [5.74, 6) is 0.353. The summed E-state index contributed by atoms with van der Waals surface area (Å²) in [5.41, 5.74) is 1.19. The van der Waals surface area contributed by atoms with Gasteiger partial charge in [0.15, 0.2) is 0 Å². The first-order valence-corrected chi connectivity index (χ1v) is 9.33. The van der Waals surface area contributed by atoms with Crippen LogP contribution >= 0.6 is 0 Å². The first kappa shape index (κ1) is 18.9. The SMILES string of the molecule is CCNS(=O)(=O)c1ccc(OCCNC(=O)c2cccnc2)c(C)c1. The van der Waals surface area contributed by atoms with Gasteiger partial charge in [-0.05, 0) is 42.8 Å². The molecular formula is C17H21N3O4S. The zero-order valence-corrected chi connectivity index (χ0v) is 15.0. The van der Waals surface area contributed by atoms with Gasteiger partial charge in [0.1, 0.15) is 12.4 Å². The number of hydrogen-bond acceptors (Lipinski definition) is 5. The number of carbonyl (C=O) groups excluding carboxylic acids is 1. The lowest BCUT2D eigenvalue weighted by Crippen LogP contribution is -2.28. The van der Waals surface area contributed by atoms with Crippen molar-refractivity contribution in [1.29, 1.82) is 0 Å². The molecule has 0 saturated carbocycles. The number of amides is 1. The van der Waals surface area contributed by atoms with E-state index in [-0.39, 0.29) is 17.4 Å². The Morgan fingerprint density at radius 2 is 2.08 bits per heavy atom. The van der Waals surface area contributed by atoms with Crippen LogP contribution in [-0.2, 0) is 10.0 Å². The van der Waals surface area contributed by atoms with Gasteiger partial charge in [0.25, 0.3) is 5.91 Å². The summed E-state index contributed by atoms with van der Waals surface area (Å²) in [6, 6.07) is 8.03. The van der Waals surface area contributed by atoms with Gasteiger partial charge in [-0.25, -0.2) is 13.1 Å². The molecule has 2 rings (SSSR count). The lowest BCUT2D eigenvalue weighted by atomic mass is 10.2. The van der Waals surface area contributed by atoms with E-state index < -0.39 is 10.0 Å². The summed E-state index contributed by atoms with van der Waals surface area (Å²) in [5, 5.41) is 2.73. The number of hydrogen-bond donors (Lipinski definition) is 2. The fraction of sp³-hybridized carbons (Fsp3) is 0.294. The molecule has 2 aromatic rings. The number of benzene rings is 1. The highest BCUT2D eigenvalue weighted by Gasteiger charge is 2.14. The maximum atomic E-state index is 12.0. The van der Waals surface area contributed by atoms with Crippen molar-refractivity contribution in [3.8, 4) is 5.75 Å². The number of nitrogens with one attached hydrogen (secondary N) is 2. The Balaban J connectivity index is 1.88. The van der Waals surface area contributed by atoms with E-state index in [2.05, 4.69) is 15.0 Å². The molecular weight excluding hydrogens is 342 g/mol. The highest BCUT2D eigenvalue weighted by atomic mass is 32.2. The van der Waals surface area contributed by atoms with Gasteiger partial charge < -0.3 is 10.1 Å². The predicted octanol–water partition coefficient (Wildman–Crippen LogP) is 1.50. The number of sulfonamides is 1. The first-order chi connectivity index (χ1) is 11.9. The lowest BCUT2D eigenvalue weighted by molar-refractivity contribution is 0.0946. The molecule has 1 heterocycles. The second-order valence-electron chi connectivity index (χ2n) is 5.27. The minimum Gasteiger partial charge on any atom is -0.491 e. The van der Waals surface area contributed by atoms with Gasteiger partial charge in [-0.1, -0.05) is 6.92 Å². The predicted molar refractivity (Wildman–Crippen MR) is 94.1 cm³/mol. The van der Waals surface area contributed by atoms with E-state index in [1.165, 1.54) is 12.3 Å². The van der Waals surface area contributed by atoms with Gasteiger partial charge >= 0.3 is 0 Å². The maximum absolute atomic E-state index is 12.0. The van der Waals surface area contributed by atoms with Crippen LogP contribution in [0.25, 0.3) is 0 Å². The highest BCUT2D eigenvalue weighted by Crippen LogP contribution is 2.21. The molecule has 25 heavy (non-hydrogen) atoms. The third kappa shape index (κ3) is 5.27. The molecule has 2 N–H and O–H groups in total. The van der Waals surface area contributed by atoms with Crippen molar-refractivity contribution in [1.82, 2.24) is 15.0 Å². The number of carbonyl (C=O) groups is 1. The highest BCUT2D eigenvalue weighted by molar-refractivity contribution is 7.89. The Kier molecular flexibility index (Phi) is 6.49. The third-order valence-corrected chi connectivity index (χ3v) is 4.90. The molecule has 0 bridgehead atoms. The van der Waals surface area contributed by atoms with Crippen molar-refractivity contribution in [2.45, 2.75) is 18.7 Å². The molecule has 0 aliphatic carbocycles. The van der Waals surface area contributed by atoms with Crippen molar-refractivity contribution in [3.05, 3.63) is 53.9 Å². The molecule has 1 amide bonds. The molecule has 0 saturated heterocycles. The van der Waals surface area contributed by atoms with Gasteiger partial charge in [-0.3, -0.25) is 9.78 Å². The van der Waals surface area contributed by atoms with Crippen LogP contribution in [0.3, 0.4) is 0 Å². The molecule has 1 aromatic heterocycles. The second kappa shape index (κ2) is 8.59. The van der Waals surface area contributed by atoms with Crippen LogP contribution in [0.1, 0.15) is 22.8 Å². The van der Waals surface area contributed by atoms with Crippen molar-refractivity contribution in [3.63, 3.8) is 0 Å². The van der Waals surface area contributed by atoms with Crippen molar-refractivity contribution < 1.29 is 17.9 Å². The number of pyridine rings is 1. The molecule has 0 aliphatic rings. The number of ether oxygens (including phenoxy) is 1. The summed E-state index contributed by atoms with van der Waals surface area (Å²) in [7, 11) is -3.49. The molecule has 0 unspecified atom stereocenters. The quantitative estimate of drug-likeness (QED) is 0.693. The number of rotatable bonds is 8. The van der Waals surface area contributed by atoms with Crippen LogP contribution in [0.15, 0.2) is 47.6 Å². The van der Waals surface area contributed by atoms with E-state index in [4.69, 9.17) is 4.74 Å². The zero-order valence-electron chi connectivity index (χ0n) is 14.2. The van der Waals surface area contributed by atoms with Crippen molar-refractivity contribution >= 4 is 15.9 Å². The summed E-state index contributed by atoms with van der Waals surface area (Å²) in [6.45, 7) is 4.42. The molecule has 0 spiro atoms. The van der Waals surface area contributed by atoms with E-state index in [1.807, 2.05) is 0 Å². The van der Waals surface area contributed by atoms with Gasteiger partial charge in [0.2, 0.25) is 10.0 Å². The van der Waals surface area contributed by atoms with Gasteiger partial charge in [0, 0.05) is 18.9 Å². The van der Waals surface area contributed by atoms with E-state index >= 15 is 0 Å². The average molecular weight is 363 g/mol. The molecule has 7 nitrogen and oxygen atoms in total. The standard InChI is InChI=1S/C17H21N3O4S/c1-3-20-25(22,23)15-6-7-16(13(2)11-15)24-10-9-19-17(21)14-5-4-8-18-12-14/h4-8,11-12,20H,3,9-10H2,1-2H3,(H,19,21). The van der Waals surface area contributed by atoms with Gasteiger partial charge in [-0.15, -0.1) is 0 Å². The number of nitrogens with zero attached hydrogens (tertiary/aromatic N) is 1. The minimum atomic E-state index is -3.49. The van der Waals surface area contributed by atoms with Crippen LogP contribution < -0.4 is 14.8 Å². The average Bonchev–Trinajstić information content (AvgIpc) is 2.60. The monoisotopic (exact) mass is 363 g/mol. The molecule has 0 atom stereocenters. The van der Waals surface area contributed by atoms with E-state index in [0.717, 1.165) is 0 Å². The van der Waals surface area contributed by atoms with Crippen LogP contribution in [0, 0.1) is 6.92 Å². The van der Waals surface area contributed by atoms with Crippen molar-refractivity contribution in [2.75, 3.05) is 19.7 Å². The van der Waals surface area contributed by atoms with E-state index in [9.17, 15) is 13.2 Å². The normalized spacial score (nSPS) is 11.1. The Morgan fingerprint density at radius 1 is 1.28 bits per heavy atom. The Bertz CT molecular complexity index is 823. The van der Waals surface area contributed by atoms with Gasteiger partial charge in [-0.2, -0.15) is 0 Å². The molecule has 8 heteroatoms.